The Kier molecular flexibility index (Phi) is 6.62. The Hall–Kier alpha value is -3.06. The largest absolute Gasteiger partial charge is 0.496 e. The van der Waals surface area contributed by atoms with Crippen LogP contribution in [0.1, 0.15) is 29.3 Å². The van der Waals surface area contributed by atoms with Crippen LogP contribution in [-0.2, 0) is 19.9 Å². The van der Waals surface area contributed by atoms with Crippen molar-refractivity contribution in [1.82, 2.24) is 4.90 Å². The van der Waals surface area contributed by atoms with Gasteiger partial charge in [0.15, 0.2) is 11.7 Å². The molecule has 7 nitrogen and oxygen atoms in total. The first kappa shape index (κ1) is 21.6. The molecule has 1 saturated heterocycles. The van der Waals surface area contributed by atoms with E-state index in [-0.39, 0.29) is 5.56 Å². The standard InChI is InChI=1S/C23H27NO6/c1-16(25)30-23(17-9-6-5-7-10-17)13-14-24(2)15-20(23)29-22(26)21-18(27-3)11-8-12-19(21)28-4/h5-12,20H,13-15H2,1-4H3. The third-order valence-corrected chi connectivity index (χ3v) is 5.33. The molecule has 2 unspecified atom stereocenters. The van der Waals surface area contributed by atoms with Crippen molar-refractivity contribution in [2.24, 2.45) is 0 Å². The van der Waals surface area contributed by atoms with Gasteiger partial charge in [0.2, 0.25) is 0 Å². The summed E-state index contributed by atoms with van der Waals surface area (Å²) >= 11 is 0. The van der Waals surface area contributed by atoms with Gasteiger partial charge < -0.3 is 23.8 Å². The summed E-state index contributed by atoms with van der Waals surface area (Å²) < 4.78 is 22.5. The predicted molar refractivity (Wildman–Crippen MR) is 111 cm³/mol. The first-order valence-corrected chi connectivity index (χ1v) is 9.77. The molecule has 0 aromatic heterocycles. The topological polar surface area (TPSA) is 74.3 Å². The van der Waals surface area contributed by atoms with Crippen LogP contribution >= 0.6 is 0 Å². The third kappa shape index (κ3) is 4.26. The van der Waals surface area contributed by atoms with Crippen LogP contribution in [0.3, 0.4) is 0 Å². The van der Waals surface area contributed by atoms with Gasteiger partial charge in [-0.1, -0.05) is 36.4 Å². The minimum atomic E-state index is -1.08. The van der Waals surface area contributed by atoms with Crippen molar-refractivity contribution in [3.63, 3.8) is 0 Å². The first-order valence-electron chi connectivity index (χ1n) is 9.77. The van der Waals surface area contributed by atoms with E-state index in [1.54, 1.807) is 18.2 Å². The number of rotatable bonds is 6. The van der Waals surface area contributed by atoms with Crippen LogP contribution in [0.25, 0.3) is 0 Å². The number of piperidine rings is 1. The SMILES string of the molecule is COc1cccc(OC)c1C(=O)OC1CN(C)CCC1(OC(C)=O)c1ccccc1. The Bertz CT molecular complexity index is 878. The van der Waals surface area contributed by atoms with Gasteiger partial charge in [0.05, 0.1) is 14.2 Å². The molecule has 1 aliphatic rings. The maximum absolute atomic E-state index is 13.2. The fourth-order valence-electron chi connectivity index (χ4n) is 3.90. The van der Waals surface area contributed by atoms with Crippen molar-refractivity contribution < 1.29 is 28.5 Å². The zero-order chi connectivity index (χ0) is 21.7. The van der Waals surface area contributed by atoms with Crippen LogP contribution < -0.4 is 9.47 Å². The monoisotopic (exact) mass is 413 g/mol. The molecular weight excluding hydrogens is 386 g/mol. The van der Waals surface area contributed by atoms with Gasteiger partial charge in [-0.05, 0) is 24.7 Å². The minimum absolute atomic E-state index is 0.195. The van der Waals surface area contributed by atoms with Gasteiger partial charge in [0.1, 0.15) is 17.1 Å². The number of likely N-dealkylation sites (tertiary alicyclic amines) is 1. The highest BCUT2D eigenvalue weighted by Crippen LogP contribution is 2.40. The second-order valence-electron chi connectivity index (χ2n) is 7.29. The quantitative estimate of drug-likeness (QED) is 0.674. The molecule has 0 amide bonds. The van der Waals surface area contributed by atoms with Crippen LogP contribution in [0.5, 0.6) is 11.5 Å². The van der Waals surface area contributed by atoms with E-state index in [2.05, 4.69) is 0 Å². The van der Waals surface area contributed by atoms with E-state index < -0.39 is 23.6 Å². The molecular formula is C23H27NO6. The summed E-state index contributed by atoms with van der Waals surface area (Å²) in [4.78, 5) is 27.3. The van der Waals surface area contributed by atoms with E-state index in [1.807, 2.05) is 42.3 Å². The second kappa shape index (κ2) is 9.17. The van der Waals surface area contributed by atoms with E-state index in [0.717, 1.165) is 5.56 Å². The average molecular weight is 413 g/mol. The lowest BCUT2D eigenvalue weighted by Crippen LogP contribution is -2.56. The molecule has 1 aliphatic heterocycles. The summed E-state index contributed by atoms with van der Waals surface area (Å²) in [6.07, 6.45) is -0.224. The molecule has 160 valence electrons. The van der Waals surface area contributed by atoms with Gasteiger partial charge >= 0.3 is 11.9 Å². The highest BCUT2D eigenvalue weighted by Gasteiger charge is 2.49. The highest BCUT2D eigenvalue weighted by molar-refractivity contribution is 5.95. The molecule has 2 atom stereocenters. The lowest BCUT2D eigenvalue weighted by molar-refractivity contribution is -0.185. The van der Waals surface area contributed by atoms with Gasteiger partial charge in [-0.15, -0.1) is 0 Å². The van der Waals surface area contributed by atoms with E-state index >= 15 is 0 Å². The maximum atomic E-state index is 13.2. The van der Waals surface area contributed by atoms with Gasteiger partial charge in [-0.2, -0.15) is 0 Å². The van der Waals surface area contributed by atoms with E-state index in [1.165, 1.54) is 21.1 Å². The number of hydrogen-bond donors (Lipinski definition) is 0. The zero-order valence-corrected chi connectivity index (χ0v) is 17.7. The van der Waals surface area contributed by atoms with E-state index in [0.29, 0.717) is 31.0 Å². The van der Waals surface area contributed by atoms with Gasteiger partial charge in [0, 0.05) is 26.4 Å². The summed E-state index contributed by atoms with van der Waals surface area (Å²) in [5, 5.41) is 0. The fourth-order valence-corrected chi connectivity index (χ4v) is 3.90. The number of hydrogen-bond acceptors (Lipinski definition) is 7. The summed E-state index contributed by atoms with van der Waals surface area (Å²) in [5.74, 6) is -0.334. The van der Waals surface area contributed by atoms with Gasteiger partial charge in [0.25, 0.3) is 0 Å². The lowest BCUT2D eigenvalue weighted by Gasteiger charge is -2.45. The number of likely N-dealkylation sites (N-methyl/N-ethyl adjacent to an activating group) is 1. The summed E-state index contributed by atoms with van der Waals surface area (Å²) in [6.45, 7) is 2.46. The summed E-state index contributed by atoms with van der Waals surface area (Å²) in [5.41, 5.74) is -0.0940. The Morgan fingerprint density at radius 1 is 1.00 bits per heavy atom. The van der Waals surface area contributed by atoms with Crippen molar-refractivity contribution in [3.8, 4) is 11.5 Å². The first-order chi connectivity index (χ1) is 14.4. The zero-order valence-electron chi connectivity index (χ0n) is 17.7. The minimum Gasteiger partial charge on any atom is -0.496 e. The number of esters is 2. The van der Waals surface area contributed by atoms with Crippen molar-refractivity contribution in [2.45, 2.75) is 25.0 Å². The smallest absolute Gasteiger partial charge is 0.346 e. The number of methoxy groups -OCH3 is 2. The number of nitrogens with zero attached hydrogens (tertiary/aromatic N) is 1. The highest BCUT2D eigenvalue weighted by atomic mass is 16.6. The van der Waals surface area contributed by atoms with Crippen LogP contribution in [0, 0.1) is 0 Å². The average Bonchev–Trinajstić information content (AvgIpc) is 2.75. The second-order valence-corrected chi connectivity index (χ2v) is 7.29. The molecule has 7 heteroatoms. The molecule has 1 heterocycles. The van der Waals surface area contributed by atoms with Gasteiger partial charge in [-0.25, -0.2) is 4.79 Å². The molecule has 3 rings (SSSR count). The Morgan fingerprint density at radius 3 is 2.20 bits per heavy atom. The molecule has 0 saturated carbocycles. The van der Waals surface area contributed by atoms with Crippen molar-refractivity contribution in [2.75, 3.05) is 34.4 Å². The Labute approximate surface area is 176 Å². The molecule has 2 aromatic rings. The molecule has 0 N–H and O–H groups in total. The van der Waals surface area contributed by atoms with Crippen LogP contribution in [0.15, 0.2) is 48.5 Å². The lowest BCUT2D eigenvalue weighted by atomic mass is 9.81. The number of carbonyl (C=O) groups excluding carboxylic acids is 2. The predicted octanol–water partition coefficient (Wildman–Crippen LogP) is 3.02. The summed E-state index contributed by atoms with van der Waals surface area (Å²) in [7, 11) is 4.90. The van der Waals surface area contributed by atoms with E-state index in [4.69, 9.17) is 18.9 Å². The summed E-state index contributed by atoms with van der Waals surface area (Å²) in [6, 6.07) is 14.5. The maximum Gasteiger partial charge on any atom is 0.346 e. The molecule has 2 aromatic carbocycles. The van der Waals surface area contributed by atoms with Crippen LogP contribution in [-0.4, -0.2) is 57.3 Å². The van der Waals surface area contributed by atoms with Crippen molar-refractivity contribution >= 4 is 11.9 Å². The van der Waals surface area contributed by atoms with E-state index in [9.17, 15) is 9.59 Å². The van der Waals surface area contributed by atoms with Gasteiger partial charge in [-0.3, -0.25) is 4.79 Å². The molecule has 1 fully saturated rings. The number of carbonyl (C=O) groups is 2. The van der Waals surface area contributed by atoms with Crippen LogP contribution in [0.4, 0.5) is 0 Å². The number of ether oxygens (including phenoxy) is 4. The van der Waals surface area contributed by atoms with Crippen molar-refractivity contribution in [3.05, 3.63) is 59.7 Å². The van der Waals surface area contributed by atoms with Crippen LogP contribution in [0.2, 0.25) is 0 Å². The Balaban J connectivity index is 2.03. The Morgan fingerprint density at radius 2 is 1.63 bits per heavy atom. The normalized spacial score (nSPS) is 21.5. The molecule has 0 aliphatic carbocycles. The van der Waals surface area contributed by atoms with Crippen molar-refractivity contribution in [1.29, 1.82) is 0 Å². The molecule has 0 radical (unpaired) electrons. The third-order valence-electron chi connectivity index (χ3n) is 5.33. The molecule has 0 bridgehead atoms. The molecule has 0 spiro atoms. The fraction of sp³-hybridized carbons (Fsp3) is 0.391. The number of benzene rings is 2. The molecule has 30 heavy (non-hydrogen) atoms.